The van der Waals surface area contributed by atoms with E-state index < -0.39 is 0 Å². The third-order valence-corrected chi connectivity index (χ3v) is 2.96. The minimum absolute atomic E-state index is 0.258. The van der Waals surface area contributed by atoms with E-state index in [0.29, 0.717) is 0 Å². The van der Waals surface area contributed by atoms with E-state index in [1.54, 1.807) is 0 Å². The smallest absolute Gasteiger partial charge is 0.104 e. The molecule has 2 heteroatoms. The van der Waals surface area contributed by atoms with Gasteiger partial charge in [0.25, 0.3) is 0 Å². The van der Waals surface area contributed by atoms with Crippen LogP contribution in [-0.4, -0.2) is 29.3 Å². The Morgan fingerprint density at radius 2 is 2.00 bits per heavy atom. The van der Waals surface area contributed by atoms with E-state index >= 15 is 0 Å². The number of aliphatic hydroxyl groups excluding tert-OH is 1. The van der Waals surface area contributed by atoms with E-state index in [-0.39, 0.29) is 6.23 Å². The highest BCUT2D eigenvalue weighted by atomic mass is 16.3. The Bertz CT molecular complexity index is 120. The van der Waals surface area contributed by atoms with Crippen molar-refractivity contribution in [3.8, 4) is 0 Å². The van der Waals surface area contributed by atoms with Crippen LogP contribution in [0.15, 0.2) is 0 Å². The Morgan fingerprint density at radius 3 is 2.50 bits per heavy atom. The molecule has 1 saturated heterocycles. The Hall–Kier alpha value is -0.0800. The average molecular weight is 171 g/mol. The maximum atomic E-state index is 9.40. The first kappa shape index (κ1) is 10.0. The van der Waals surface area contributed by atoms with Gasteiger partial charge in [-0.15, -0.1) is 0 Å². The van der Waals surface area contributed by atoms with Gasteiger partial charge in [0, 0.05) is 13.1 Å². The SMILES string of the molecule is CC(C)C1CCCN(C(C)O)C1. The quantitative estimate of drug-likeness (QED) is 0.683. The van der Waals surface area contributed by atoms with Crippen LogP contribution in [0.2, 0.25) is 0 Å². The number of likely N-dealkylation sites (tertiary alicyclic amines) is 1. The van der Waals surface area contributed by atoms with Crippen molar-refractivity contribution in [1.29, 1.82) is 0 Å². The molecule has 1 aliphatic rings. The summed E-state index contributed by atoms with van der Waals surface area (Å²) in [6, 6.07) is 0. The maximum Gasteiger partial charge on any atom is 0.104 e. The summed E-state index contributed by atoms with van der Waals surface area (Å²) in [5.41, 5.74) is 0. The van der Waals surface area contributed by atoms with Gasteiger partial charge in [0.15, 0.2) is 0 Å². The molecule has 0 aromatic rings. The van der Waals surface area contributed by atoms with Gasteiger partial charge in [0.05, 0.1) is 0 Å². The predicted octanol–water partition coefficient (Wildman–Crippen LogP) is 1.69. The summed E-state index contributed by atoms with van der Waals surface area (Å²) in [7, 11) is 0. The van der Waals surface area contributed by atoms with Gasteiger partial charge in [-0.3, -0.25) is 4.90 Å². The molecule has 2 nitrogen and oxygen atoms in total. The number of nitrogens with zero attached hydrogens (tertiary/aromatic N) is 1. The zero-order valence-corrected chi connectivity index (χ0v) is 8.45. The van der Waals surface area contributed by atoms with Crippen LogP contribution in [0.1, 0.15) is 33.6 Å². The number of piperidine rings is 1. The lowest BCUT2D eigenvalue weighted by Gasteiger charge is -2.36. The van der Waals surface area contributed by atoms with Gasteiger partial charge in [-0.1, -0.05) is 13.8 Å². The highest BCUT2D eigenvalue weighted by Gasteiger charge is 2.23. The van der Waals surface area contributed by atoms with Crippen LogP contribution in [0.25, 0.3) is 0 Å². The highest BCUT2D eigenvalue weighted by Crippen LogP contribution is 2.23. The molecule has 0 saturated carbocycles. The first-order valence-electron chi connectivity index (χ1n) is 5.03. The minimum atomic E-state index is -0.258. The molecule has 1 N–H and O–H groups in total. The molecule has 0 amide bonds. The molecule has 1 aliphatic heterocycles. The summed E-state index contributed by atoms with van der Waals surface area (Å²) in [5.74, 6) is 1.54. The normalized spacial score (nSPS) is 29.2. The fourth-order valence-corrected chi connectivity index (χ4v) is 1.92. The van der Waals surface area contributed by atoms with Crippen LogP contribution in [-0.2, 0) is 0 Å². The Balaban J connectivity index is 2.40. The minimum Gasteiger partial charge on any atom is -0.379 e. The summed E-state index contributed by atoms with van der Waals surface area (Å²) in [4.78, 5) is 2.17. The van der Waals surface area contributed by atoms with Crippen molar-refractivity contribution < 1.29 is 5.11 Å². The van der Waals surface area contributed by atoms with Crippen molar-refractivity contribution in [3.05, 3.63) is 0 Å². The molecule has 0 aliphatic carbocycles. The zero-order valence-electron chi connectivity index (χ0n) is 8.45. The summed E-state index contributed by atoms with van der Waals surface area (Å²) < 4.78 is 0. The Kier molecular flexibility index (Phi) is 3.53. The van der Waals surface area contributed by atoms with E-state index in [1.165, 1.54) is 12.8 Å². The summed E-state index contributed by atoms with van der Waals surface area (Å²) in [6.07, 6.45) is 2.32. The molecule has 1 fully saturated rings. The van der Waals surface area contributed by atoms with Gasteiger partial charge in [0.1, 0.15) is 6.23 Å². The number of hydrogen-bond acceptors (Lipinski definition) is 2. The highest BCUT2D eigenvalue weighted by molar-refractivity contribution is 4.75. The molecular weight excluding hydrogens is 150 g/mol. The molecule has 2 atom stereocenters. The van der Waals surface area contributed by atoms with Crippen LogP contribution in [0.3, 0.4) is 0 Å². The van der Waals surface area contributed by atoms with Crippen molar-refractivity contribution in [2.75, 3.05) is 13.1 Å². The predicted molar refractivity (Wildman–Crippen MR) is 50.8 cm³/mol. The second-order valence-electron chi connectivity index (χ2n) is 4.27. The van der Waals surface area contributed by atoms with Gasteiger partial charge >= 0.3 is 0 Å². The van der Waals surface area contributed by atoms with E-state index in [9.17, 15) is 5.11 Å². The lowest BCUT2D eigenvalue weighted by atomic mass is 9.88. The molecule has 1 rings (SSSR count). The van der Waals surface area contributed by atoms with Gasteiger partial charge in [-0.2, -0.15) is 0 Å². The summed E-state index contributed by atoms with van der Waals surface area (Å²) in [6.45, 7) is 8.56. The molecular formula is C10H21NO. The van der Waals surface area contributed by atoms with Gasteiger partial charge in [-0.05, 0) is 31.6 Å². The molecule has 0 aromatic carbocycles. The van der Waals surface area contributed by atoms with Crippen LogP contribution < -0.4 is 0 Å². The van der Waals surface area contributed by atoms with Crippen LogP contribution in [0.4, 0.5) is 0 Å². The van der Waals surface area contributed by atoms with Crippen LogP contribution in [0.5, 0.6) is 0 Å². The molecule has 0 spiro atoms. The first-order valence-corrected chi connectivity index (χ1v) is 5.03. The number of aliphatic hydroxyl groups is 1. The van der Waals surface area contributed by atoms with E-state index in [2.05, 4.69) is 18.7 Å². The van der Waals surface area contributed by atoms with Gasteiger partial charge < -0.3 is 5.11 Å². The first-order chi connectivity index (χ1) is 5.61. The average Bonchev–Trinajstić information content (AvgIpc) is 2.04. The van der Waals surface area contributed by atoms with Crippen molar-refractivity contribution in [2.45, 2.75) is 39.8 Å². The molecule has 12 heavy (non-hydrogen) atoms. The van der Waals surface area contributed by atoms with Gasteiger partial charge in [0.2, 0.25) is 0 Å². The lowest BCUT2D eigenvalue weighted by Crippen LogP contribution is -2.42. The number of rotatable bonds is 2. The van der Waals surface area contributed by atoms with Crippen molar-refractivity contribution in [3.63, 3.8) is 0 Å². The van der Waals surface area contributed by atoms with Crippen LogP contribution in [0, 0.1) is 11.8 Å². The monoisotopic (exact) mass is 171 g/mol. The standard InChI is InChI=1S/C10H21NO/c1-8(2)10-5-4-6-11(7-10)9(3)12/h8-10,12H,4-7H2,1-3H3. The fourth-order valence-electron chi connectivity index (χ4n) is 1.92. The fraction of sp³-hybridized carbons (Fsp3) is 1.00. The van der Waals surface area contributed by atoms with E-state index in [0.717, 1.165) is 24.9 Å². The van der Waals surface area contributed by atoms with Gasteiger partial charge in [-0.25, -0.2) is 0 Å². The van der Waals surface area contributed by atoms with E-state index in [4.69, 9.17) is 0 Å². The van der Waals surface area contributed by atoms with Crippen molar-refractivity contribution >= 4 is 0 Å². The molecule has 0 radical (unpaired) electrons. The Morgan fingerprint density at radius 1 is 1.33 bits per heavy atom. The zero-order chi connectivity index (χ0) is 9.14. The topological polar surface area (TPSA) is 23.5 Å². The molecule has 1 heterocycles. The summed E-state index contributed by atoms with van der Waals surface area (Å²) in [5, 5.41) is 9.40. The third-order valence-electron chi connectivity index (χ3n) is 2.96. The maximum absolute atomic E-state index is 9.40. The number of hydrogen-bond donors (Lipinski definition) is 1. The summed E-state index contributed by atoms with van der Waals surface area (Å²) >= 11 is 0. The molecule has 0 aromatic heterocycles. The molecule has 2 unspecified atom stereocenters. The largest absolute Gasteiger partial charge is 0.379 e. The van der Waals surface area contributed by atoms with Crippen molar-refractivity contribution in [2.24, 2.45) is 11.8 Å². The second kappa shape index (κ2) is 4.24. The second-order valence-corrected chi connectivity index (χ2v) is 4.27. The molecule has 72 valence electrons. The lowest BCUT2D eigenvalue weighted by molar-refractivity contribution is -0.0149. The third kappa shape index (κ3) is 2.46. The Labute approximate surface area is 75.6 Å². The molecule has 0 bridgehead atoms. The van der Waals surface area contributed by atoms with Crippen LogP contribution >= 0.6 is 0 Å². The van der Waals surface area contributed by atoms with Crippen molar-refractivity contribution in [1.82, 2.24) is 4.90 Å². The van der Waals surface area contributed by atoms with E-state index in [1.807, 2.05) is 6.92 Å².